The minimum absolute atomic E-state index is 0.0223. The van der Waals surface area contributed by atoms with Crippen molar-refractivity contribution in [3.05, 3.63) is 54.1 Å². The Morgan fingerprint density at radius 3 is 2.18 bits per heavy atom. The van der Waals surface area contributed by atoms with Gasteiger partial charge >= 0.3 is 6.03 Å². The Kier molecular flexibility index (Phi) is 8.73. The summed E-state index contributed by atoms with van der Waals surface area (Å²) >= 11 is 0. The molecule has 1 N–H and O–H groups in total. The fourth-order valence-electron chi connectivity index (χ4n) is 3.72. The zero-order chi connectivity index (χ0) is 24.5. The molecular weight excluding hydrogens is 436 g/mol. The number of nitrogens with one attached hydrogen (secondary N) is 1. The van der Waals surface area contributed by atoms with E-state index in [2.05, 4.69) is 5.32 Å². The molecular formula is C25H32N4O5. The molecule has 2 aromatic rings. The van der Waals surface area contributed by atoms with E-state index in [-0.39, 0.29) is 24.5 Å². The lowest BCUT2D eigenvalue weighted by molar-refractivity contribution is -0.118. The Labute approximate surface area is 200 Å². The van der Waals surface area contributed by atoms with Crippen LogP contribution in [0, 0.1) is 0 Å². The highest BCUT2D eigenvalue weighted by Gasteiger charge is 2.26. The molecule has 1 aliphatic rings. The third kappa shape index (κ3) is 6.40. The Bertz CT molecular complexity index is 983. The third-order valence-corrected chi connectivity index (χ3v) is 5.70. The number of hydrogen-bond donors (Lipinski definition) is 1. The molecule has 0 atom stereocenters. The molecule has 0 radical (unpaired) electrons. The van der Waals surface area contributed by atoms with E-state index in [0.29, 0.717) is 62.0 Å². The number of methoxy groups -OCH3 is 1. The molecule has 0 spiro atoms. The topological polar surface area (TPSA) is 91.4 Å². The van der Waals surface area contributed by atoms with Gasteiger partial charge in [0.25, 0.3) is 11.8 Å². The van der Waals surface area contributed by atoms with E-state index in [1.165, 1.54) is 0 Å². The van der Waals surface area contributed by atoms with E-state index in [9.17, 15) is 14.4 Å². The van der Waals surface area contributed by atoms with Crippen molar-refractivity contribution in [1.82, 2.24) is 14.7 Å². The van der Waals surface area contributed by atoms with Crippen molar-refractivity contribution in [2.24, 2.45) is 0 Å². The number of benzene rings is 2. The molecule has 0 bridgehead atoms. The number of carbonyl (C=O) groups excluding carboxylic acids is 3. The van der Waals surface area contributed by atoms with Crippen molar-refractivity contribution in [1.29, 1.82) is 0 Å². The van der Waals surface area contributed by atoms with E-state index >= 15 is 0 Å². The number of rotatable bonds is 8. The maximum Gasteiger partial charge on any atom is 0.320 e. The minimum atomic E-state index is -0.300. The predicted molar refractivity (Wildman–Crippen MR) is 129 cm³/mol. The maximum absolute atomic E-state index is 12.9. The molecule has 4 amide bonds. The van der Waals surface area contributed by atoms with Crippen molar-refractivity contribution < 1.29 is 23.9 Å². The Morgan fingerprint density at radius 2 is 1.56 bits per heavy atom. The van der Waals surface area contributed by atoms with Gasteiger partial charge in [0.1, 0.15) is 11.5 Å². The molecule has 3 rings (SSSR count). The molecule has 1 aliphatic heterocycles. The summed E-state index contributed by atoms with van der Waals surface area (Å²) in [6, 6.07) is 13.8. The first-order chi connectivity index (χ1) is 16.4. The molecule has 1 fully saturated rings. The average molecular weight is 469 g/mol. The van der Waals surface area contributed by atoms with E-state index in [0.717, 1.165) is 0 Å². The quantitative estimate of drug-likeness (QED) is 0.643. The van der Waals surface area contributed by atoms with Crippen LogP contribution >= 0.6 is 0 Å². The Balaban J connectivity index is 1.47. The summed E-state index contributed by atoms with van der Waals surface area (Å²) in [5, 5.41) is 2.75. The molecule has 34 heavy (non-hydrogen) atoms. The molecule has 0 unspecified atom stereocenters. The van der Waals surface area contributed by atoms with Crippen LogP contribution in [0.25, 0.3) is 0 Å². The van der Waals surface area contributed by atoms with Crippen LogP contribution in [0.1, 0.15) is 24.2 Å². The molecule has 1 heterocycles. The van der Waals surface area contributed by atoms with Crippen molar-refractivity contribution in [3.63, 3.8) is 0 Å². The highest BCUT2D eigenvalue weighted by Crippen LogP contribution is 2.18. The molecule has 0 aliphatic carbocycles. The van der Waals surface area contributed by atoms with Crippen molar-refractivity contribution in [2.45, 2.75) is 13.8 Å². The smallest absolute Gasteiger partial charge is 0.320 e. The number of carbonyl (C=O) groups is 3. The van der Waals surface area contributed by atoms with Crippen LogP contribution in [-0.2, 0) is 4.79 Å². The number of piperazine rings is 1. The molecule has 182 valence electrons. The van der Waals surface area contributed by atoms with Gasteiger partial charge in [-0.15, -0.1) is 0 Å². The monoisotopic (exact) mass is 468 g/mol. The molecule has 0 aromatic heterocycles. The number of urea groups is 1. The lowest BCUT2D eigenvalue weighted by Crippen LogP contribution is -2.54. The van der Waals surface area contributed by atoms with Crippen LogP contribution in [0.2, 0.25) is 0 Å². The standard InChI is InChI=1S/C25H32N4O5/c1-4-27(5-2)25(32)29-15-13-28(14-16-29)24(31)19-9-11-21(12-10-19)34-18-23(30)26-20-7-6-8-22(17-20)33-3/h6-12,17H,4-5,13-16,18H2,1-3H3,(H,26,30). The van der Waals surface area contributed by atoms with Gasteiger partial charge in [-0.25, -0.2) is 4.79 Å². The second-order valence-electron chi connectivity index (χ2n) is 7.83. The summed E-state index contributed by atoms with van der Waals surface area (Å²) in [4.78, 5) is 42.8. The largest absolute Gasteiger partial charge is 0.497 e. The molecule has 2 aromatic carbocycles. The van der Waals surface area contributed by atoms with Gasteiger partial charge in [-0.2, -0.15) is 0 Å². The van der Waals surface area contributed by atoms with Gasteiger partial charge in [0.05, 0.1) is 7.11 Å². The Morgan fingerprint density at radius 1 is 0.912 bits per heavy atom. The van der Waals surface area contributed by atoms with Gasteiger partial charge in [-0.1, -0.05) is 6.07 Å². The van der Waals surface area contributed by atoms with Gasteiger partial charge in [-0.3, -0.25) is 9.59 Å². The summed E-state index contributed by atoms with van der Waals surface area (Å²) in [6.07, 6.45) is 0. The lowest BCUT2D eigenvalue weighted by atomic mass is 10.1. The minimum Gasteiger partial charge on any atom is -0.497 e. The third-order valence-electron chi connectivity index (χ3n) is 5.70. The second kappa shape index (κ2) is 11.9. The predicted octanol–water partition coefficient (Wildman–Crippen LogP) is 2.93. The summed E-state index contributed by atoms with van der Waals surface area (Å²) in [5.41, 5.74) is 1.16. The normalized spacial score (nSPS) is 13.3. The van der Waals surface area contributed by atoms with Crippen molar-refractivity contribution >= 4 is 23.5 Å². The summed E-state index contributed by atoms with van der Waals surface area (Å²) in [6.45, 7) is 7.13. The summed E-state index contributed by atoms with van der Waals surface area (Å²) in [7, 11) is 1.56. The first-order valence-corrected chi connectivity index (χ1v) is 11.4. The lowest BCUT2D eigenvalue weighted by Gasteiger charge is -2.37. The molecule has 9 nitrogen and oxygen atoms in total. The number of amides is 4. The SMILES string of the molecule is CCN(CC)C(=O)N1CCN(C(=O)c2ccc(OCC(=O)Nc3cccc(OC)c3)cc2)CC1. The zero-order valence-electron chi connectivity index (χ0n) is 20.0. The van der Waals surface area contributed by atoms with E-state index in [4.69, 9.17) is 9.47 Å². The maximum atomic E-state index is 12.9. The molecule has 1 saturated heterocycles. The summed E-state index contributed by atoms with van der Waals surface area (Å²) in [5.74, 6) is 0.755. The van der Waals surface area contributed by atoms with E-state index < -0.39 is 0 Å². The van der Waals surface area contributed by atoms with Crippen LogP contribution in [0.4, 0.5) is 10.5 Å². The van der Waals surface area contributed by atoms with Crippen LogP contribution < -0.4 is 14.8 Å². The summed E-state index contributed by atoms with van der Waals surface area (Å²) < 4.78 is 10.7. The fraction of sp³-hybridized carbons (Fsp3) is 0.400. The van der Waals surface area contributed by atoms with Crippen molar-refractivity contribution in [3.8, 4) is 11.5 Å². The van der Waals surface area contributed by atoms with Gasteiger partial charge in [0, 0.05) is 56.6 Å². The van der Waals surface area contributed by atoms with Gasteiger partial charge in [-0.05, 0) is 50.2 Å². The van der Waals surface area contributed by atoms with Gasteiger partial charge < -0.3 is 29.5 Å². The van der Waals surface area contributed by atoms with Gasteiger partial charge in [0.15, 0.2) is 6.61 Å². The highest BCUT2D eigenvalue weighted by molar-refractivity contribution is 5.94. The van der Waals surface area contributed by atoms with Crippen LogP contribution in [0.5, 0.6) is 11.5 Å². The van der Waals surface area contributed by atoms with Crippen LogP contribution in [0.15, 0.2) is 48.5 Å². The molecule has 9 heteroatoms. The number of nitrogens with zero attached hydrogens (tertiary/aromatic N) is 3. The molecule has 0 saturated carbocycles. The van der Waals surface area contributed by atoms with Crippen LogP contribution in [-0.4, -0.2) is 85.5 Å². The van der Waals surface area contributed by atoms with E-state index in [1.54, 1.807) is 70.3 Å². The fourth-order valence-corrected chi connectivity index (χ4v) is 3.72. The highest BCUT2D eigenvalue weighted by atomic mass is 16.5. The Hall–Kier alpha value is -3.75. The number of ether oxygens (including phenoxy) is 2. The zero-order valence-corrected chi connectivity index (χ0v) is 20.0. The first kappa shape index (κ1) is 24.9. The first-order valence-electron chi connectivity index (χ1n) is 11.4. The van der Waals surface area contributed by atoms with Crippen molar-refractivity contribution in [2.75, 3.05) is 58.3 Å². The second-order valence-corrected chi connectivity index (χ2v) is 7.83. The van der Waals surface area contributed by atoms with E-state index in [1.807, 2.05) is 13.8 Å². The average Bonchev–Trinajstić information content (AvgIpc) is 2.88. The number of anilines is 1. The van der Waals surface area contributed by atoms with Gasteiger partial charge in [0.2, 0.25) is 0 Å². The van der Waals surface area contributed by atoms with Crippen LogP contribution in [0.3, 0.4) is 0 Å². The number of hydrogen-bond acceptors (Lipinski definition) is 5.